The number of rotatable bonds is 6. The van der Waals surface area contributed by atoms with Crippen molar-refractivity contribution in [1.29, 1.82) is 0 Å². The van der Waals surface area contributed by atoms with Gasteiger partial charge >= 0.3 is 0 Å². The molecular formula is C14H18ClN5O. The molecule has 0 bridgehead atoms. The molecule has 0 radical (unpaired) electrons. The van der Waals surface area contributed by atoms with Crippen LogP contribution < -0.4 is 15.0 Å². The van der Waals surface area contributed by atoms with Gasteiger partial charge in [-0.1, -0.05) is 11.6 Å². The summed E-state index contributed by atoms with van der Waals surface area (Å²) in [5.74, 6) is 1.84. The fourth-order valence-corrected chi connectivity index (χ4v) is 2.18. The molecule has 0 fully saturated rings. The molecule has 112 valence electrons. The van der Waals surface area contributed by atoms with Gasteiger partial charge in [0, 0.05) is 18.8 Å². The Balaban J connectivity index is 2.19. The van der Waals surface area contributed by atoms with Gasteiger partial charge in [0.1, 0.15) is 5.75 Å². The van der Waals surface area contributed by atoms with E-state index in [1.165, 1.54) is 0 Å². The second-order valence-electron chi connectivity index (χ2n) is 4.28. The highest BCUT2D eigenvalue weighted by molar-refractivity contribution is 6.32. The maximum atomic E-state index is 6.09. The van der Waals surface area contributed by atoms with Gasteiger partial charge in [-0.2, -0.15) is 10.1 Å². The van der Waals surface area contributed by atoms with E-state index in [2.05, 4.69) is 39.2 Å². The van der Waals surface area contributed by atoms with Gasteiger partial charge in [0.05, 0.1) is 18.3 Å². The molecule has 7 heteroatoms. The molecule has 6 nitrogen and oxygen atoms in total. The molecule has 1 heterocycles. The third-order valence-electron chi connectivity index (χ3n) is 3.04. The number of halogens is 1. The number of aromatic nitrogens is 3. The second-order valence-corrected chi connectivity index (χ2v) is 4.69. The highest BCUT2D eigenvalue weighted by Crippen LogP contribution is 2.28. The summed E-state index contributed by atoms with van der Waals surface area (Å²) < 4.78 is 5.12. The van der Waals surface area contributed by atoms with Crippen LogP contribution in [-0.2, 0) is 0 Å². The molecule has 0 spiro atoms. The molecule has 2 rings (SSSR count). The fourth-order valence-electron chi connectivity index (χ4n) is 1.92. The number of nitrogens with one attached hydrogen (secondary N) is 1. The zero-order valence-electron chi connectivity index (χ0n) is 12.3. The number of ether oxygens (including phenoxy) is 1. The Morgan fingerprint density at radius 3 is 2.67 bits per heavy atom. The molecule has 1 aromatic heterocycles. The van der Waals surface area contributed by atoms with Gasteiger partial charge in [0.25, 0.3) is 0 Å². The van der Waals surface area contributed by atoms with Crippen molar-refractivity contribution in [3.63, 3.8) is 0 Å². The van der Waals surface area contributed by atoms with Crippen molar-refractivity contribution in [3.8, 4) is 5.75 Å². The molecule has 21 heavy (non-hydrogen) atoms. The number of hydrogen-bond acceptors (Lipinski definition) is 6. The van der Waals surface area contributed by atoms with Crippen molar-refractivity contribution in [3.05, 3.63) is 29.4 Å². The first-order valence-corrected chi connectivity index (χ1v) is 7.11. The average Bonchev–Trinajstić information content (AvgIpc) is 2.49. The lowest BCUT2D eigenvalue weighted by molar-refractivity contribution is 0.415. The quantitative estimate of drug-likeness (QED) is 0.884. The van der Waals surface area contributed by atoms with Gasteiger partial charge in [-0.25, -0.2) is 0 Å². The van der Waals surface area contributed by atoms with E-state index < -0.39 is 0 Å². The fraction of sp³-hybridized carbons (Fsp3) is 0.357. The third-order valence-corrected chi connectivity index (χ3v) is 3.34. The van der Waals surface area contributed by atoms with E-state index in [0.717, 1.165) is 24.6 Å². The molecule has 0 aliphatic heterocycles. The van der Waals surface area contributed by atoms with Crippen LogP contribution in [0.3, 0.4) is 0 Å². The zero-order chi connectivity index (χ0) is 15.2. The lowest BCUT2D eigenvalue weighted by Crippen LogP contribution is -2.23. The lowest BCUT2D eigenvalue weighted by atomic mass is 10.3. The minimum absolute atomic E-state index is 0.431. The van der Waals surface area contributed by atoms with E-state index in [-0.39, 0.29) is 0 Å². The third kappa shape index (κ3) is 3.72. The first-order valence-electron chi connectivity index (χ1n) is 6.73. The van der Waals surface area contributed by atoms with Crippen LogP contribution in [0.2, 0.25) is 5.02 Å². The summed E-state index contributed by atoms with van der Waals surface area (Å²) in [4.78, 5) is 6.55. The van der Waals surface area contributed by atoms with Crippen molar-refractivity contribution in [2.45, 2.75) is 13.8 Å². The van der Waals surface area contributed by atoms with E-state index >= 15 is 0 Å². The van der Waals surface area contributed by atoms with Crippen LogP contribution in [0.5, 0.6) is 5.75 Å². The number of hydrogen-bond donors (Lipinski definition) is 1. The van der Waals surface area contributed by atoms with Gasteiger partial charge in [0.2, 0.25) is 5.95 Å². The van der Waals surface area contributed by atoms with Gasteiger partial charge in [-0.3, -0.25) is 0 Å². The first-order chi connectivity index (χ1) is 10.2. The summed E-state index contributed by atoms with van der Waals surface area (Å²) in [6.07, 6.45) is 1.65. The van der Waals surface area contributed by atoms with Crippen LogP contribution in [0.1, 0.15) is 13.8 Å². The molecule has 0 saturated carbocycles. The van der Waals surface area contributed by atoms with Gasteiger partial charge in [-0.05, 0) is 32.0 Å². The van der Waals surface area contributed by atoms with Crippen LogP contribution in [0.25, 0.3) is 0 Å². The summed E-state index contributed by atoms with van der Waals surface area (Å²) in [6.45, 7) is 5.87. The Morgan fingerprint density at radius 1 is 1.29 bits per heavy atom. The van der Waals surface area contributed by atoms with Crippen LogP contribution in [0.4, 0.5) is 17.5 Å². The summed E-state index contributed by atoms with van der Waals surface area (Å²) in [7, 11) is 1.58. The minimum Gasteiger partial charge on any atom is -0.495 e. The largest absolute Gasteiger partial charge is 0.495 e. The molecule has 0 amide bonds. The van der Waals surface area contributed by atoms with Crippen molar-refractivity contribution in [2.75, 3.05) is 30.4 Å². The monoisotopic (exact) mass is 307 g/mol. The summed E-state index contributed by atoms with van der Waals surface area (Å²) >= 11 is 6.09. The molecule has 1 N–H and O–H groups in total. The van der Waals surface area contributed by atoms with E-state index in [4.69, 9.17) is 16.3 Å². The summed E-state index contributed by atoms with van der Waals surface area (Å²) in [5.41, 5.74) is 0.777. The highest BCUT2D eigenvalue weighted by Gasteiger charge is 2.08. The Labute approximate surface area is 129 Å². The van der Waals surface area contributed by atoms with Crippen LogP contribution in [-0.4, -0.2) is 35.4 Å². The van der Waals surface area contributed by atoms with Crippen LogP contribution in [0.15, 0.2) is 24.4 Å². The summed E-state index contributed by atoms with van der Waals surface area (Å²) in [6, 6.07) is 5.39. The highest BCUT2D eigenvalue weighted by atomic mass is 35.5. The predicted octanol–water partition coefficient (Wildman–Crippen LogP) is 3.12. The lowest BCUT2D eigenvalue weighted by Gasteiger charge is -2.19. The van der Waals surface area contributed by atoms with E-state index in [1.807, 2.05) is 6.07 Å². The Bertz CT molecular complexity index is 604. The Kier molecular flexibility index (Phi) is 5.16. The maximum absolute atomic E-state index is 6.09. The standard InChI is InChI=1S/C14H18ClN5O/c1-4-20(5-2)13-9-16-19-14(18-13)17-10-6-7-12(21-3)11(15)8-10/h6-9H,4-5H2,1-3H3,(H,17,18,19). The Morgan fingerprint density at radius 2 is 2.05 bits per heavy atom. The number of methoxy groups -OCH3 is 1. The number of anilines is 3. The van der Waals surface area contributed by atoms with Crippen molar-refractivity contribution in [2.24, 2.45) is 0 Å². The SMILES string of the molecule is CCN(CC)c1cnnc(Nc2ccc(OC)c(Cl)c2)n1. The minimum atomic E-state index is 0.431. The topological polar surface area (TPSA) is 63.2 Å². The average molecular weight is 308 g/mol. The number of nitrogens with zero attached hydrogens (tertiary/aromatic N) is 4. The van der Waals surface area contributed by atoms with Crippen molar-refractivity contribution >= 4 is 29.1 Å². The maximum Gasteiger partial charge on any atom is 0.249 e. The van der Waals surface area contributed by atoms with E-state index in [1.54, 1.807) is 25.4 Å². The van der Waals surface area contributed by atoms with Crippen molar-refractivity contribution < 1.29 is 4.74 Å². The van der Waals surface area contributed by atoms with Gasteiger partial charge < -0.3 is 15.0 Å². The van der Waals surface area contributed by atoms with E-state index in [0.29, 0.717) is 16.7 Å². The molecule has 0 saturated heterocycles. The number of benzene rings is 1. The molecule has 0 atom stereocenters. The molecule has 0 aliphatic carbocycles. The molecule has 0 unspecified atom stereocenters. The smallest absolute Gasteiger partial charge is 0.249 e. The second kappa shape index (κ2) is 7.08. The van der Waals surface area contributed by atoms with E-state index in [9.17, 15) is 0 Å². The van der Waals surface area contributed by atoms with Crippen LogP contribution in [0, 0.1) is 0 Å². The zero-order valence-corrected chi connectivity index (χ0v) is 13.1. The van der Waals surface area contributed by atoms with Gasteiger partial charge in [0.15, 0.2) is 5.82 Å². The molecule has 0 aliphatic rings. The molecule has 2 aromatic rings. The Hall–Kier alpha value is -2.08. The summed E-state index contributed by atoms with van der Waals surface area (Å²) in [5, 5.41) is 11.6. The first kappa shape index (κ1) is 15.3. The van der Waals surface area contributed by atoms with Crippen molar-refractivity contribution in [1.82, 2.24) is 15.2 Å². The predicted molar refractivity (Wildman–Crippen MR) is 84.7 cm³/mol. The normalized spacial score (nSPS) is 10.3. The molecular weight excluding hydrogens is 290 g/mol. The molecule has 1 aromatic carbocycles. The van der Waals surface area contributed by atoms with Gasteiger partial charge in [-0.15, -0.1) is 5.10 Å². The van der Waals surface area contributed by atoms with Crippen LogP contribution >= 0.6 is 11.6 Å².